The van der Waals surface area contributed by atoms with Crippen molar-refractivity contribution in [2.75, 3.05) is 5.88 Å². The number of aliphatic hydroxyl groups excluding tert-OH is 2. The molecule has 1 rings (SSSR count). The summed E-state index contributed by atoms with van der Waals surface area (Å²) in [6, 6.07) is 0. The lowest BCUT2D eigenvalue weighted by Gasteiger charge is -2.28. The highest BCUT2D eigenvalue weighted by atomic mass is 35.5. The van der Waals surface area contributed by atoms with E-state index in [1.165, 1.54) is 0 Å². The second kappa shape index (κ2) is 3.53. The van der Waals surface area contributed by atoms with E-state index in [-0.39, 0.29) is 6.10 Å². The van der Waals surface area contributed by atoms with Crippen molar-refractivity contribution in [2.24, 2.45) is 0 Å². The van der Waals surface area contributed by atoms with Gasteiger partial charge in [-0.2, -0.15) is 0 Å². The molecular weight excluding hydrogens is 156 g/mol. The van der Waals surface area contributed by atoms with Gasteiger partial charge in [-0.1, -0.05) is 0 Å². The largest absolute Gasteiger partial charge is 0.393 e. The third-order valence-electron chi connectivity index (χ3n) is 1.53. The maximum Gasteiger partial charge on any atom is 0.157 e. The Morgan fingerprint density at radius 3 is 2.60 bits per heavy atom. The molecule has 1 aliphatic heterocycles. The first kappa shape index (κ1) is 8.27. The van der Waals surface area contributed by atoms with Crippen molar-refractivity contribution in [2.45, 2.75) is 31.3 Å². The molecule has 0 bridgehead atoms. The Morgan fingerprint density at radius 1 is 1.40 bits per heavy atom. The molecule has 4 heteroatoms. The van der Waals surface area contributed by atoms with Gasteiger partial charge in [-0.25, -0.2) is 0 Å². The molecule has 0 aromatic rings. The lowest BCUT2D eigenvalue weighted by molar-refractivity contribution is -0.182. The molecule has 0 aromatic carbocycles. The number of halogens is 1. The van der Waals surface area contributed by atoms with Crippen molar-refractivity contribution in [3.05, 3.63) is 0 Å². The fourth-order valence-corrected chi connectivity index (χ4v) is 1.26. The Labute approximate surface area is 64.6 Å². The van der Waals surface area contributed by atoms with Crippen LogP contribution in [0.3, 0.4) is 0 Å². The van der Waals surface area contributed by atoms with Crippen molar-refractivity contribution in [1.82, 2.24) is 0 Å². The fraction of sp³-hybridized carbons (Fsp3) is 1.00. The minimum Gasteiger partial charge on any atom is -0.393 e. The first-order valence-electron chi connectivity index (χ1n) is 3.30. The normalized spacial score (nSPS) is 41.7. The quantitative estimate of drug-likeness (QED) is 0.543. The van der Waals surface area contributed by atoms with Crippen LogP contribution in [0.25, 0.3) is 0 Å². The molecule has 1 saturated heterocycles. The summed E-state index contributed by atoms with van der Waals surface area (Å²) in [6.07, 6.45) is -0.672. The van der Waals surface area contributed by atoms with Crippen molar-refractivity contribution in [1.29, 1.82) is 0 Å². The zero-order valence-electron chi connectivity index (χ0n) is 5.53. The molecule has 1 fully saturated rings. The van der Waals surface area contributed by atoms with Gasteiger partial charge in [-0.05, 0) is 0 Å². The van der Waals surface area contributed by atoms with Gasteiger partial charge >= 0.3 is 0 Å². The molecule has 0 spiro atoms. The van der Waals surface area contributed by atoms with Crippen molar-refractivity contribution < 1.29 is 14.9 Å². The molecule has 0 aromatic heterocycles. The highest BCUT2D eigenvalue weighted by Gasteiger charge is 2.25. The van der Waals surface area contributed by atoms with Crippen LogP contribution in [0.15, 0.2) is 0 Å². The number of hydrogen-bond acceptors (Lipinski definition) is 3. The van der Waals surface area contributed by atoms with E-state index < -0.39 is 12.4 Å². The van der Waals surface area contributed by atoms with Crippen LogP contribution in [0.4, 0.5) is 0 Å². The second-order valence-corrected chi connectivity index (χ2v) is 2.80. The maximum atomic E-state index is 9.08. The van der Waals surface area contributed by atoms with E-state index >= 15 is 0 Å². The third-order valence-corrected chi connectivity index (χ3v) is 1.87. The van der Waals surface area contributed by atoms with Gasteiger partial charge < -0.3 is 14.9 Å². The van der Waals surface area contributed by atoms with E-state index in [9.17, 15) is 0 Å². The summed E-state index contributed by atoms with van der Waals surface area (Å²) in [5, 5.41) is 18.0. The lowest BCUT2D eigenvalue weighted by Crippen LogP contribution is -2.36. The van der Waals surface area contributed by atoms with Crippen LogP contribution in [-0.2, 0) is 4.74 Å². The average Bonchev–Trinajstić information content (AvgIpc) is 1.85. The number of ether oxygens (including phenoxy) is 1. The van der Waals surface area contributed by atoms with Crippen LogP contribution in [0.5, 0.6) is 0 Å². The van der Waals surface area contributed by atoms with Gasteiger partial charge in [0.25, 0.3) is 0 Å². The van der Waals surface area contributed by atoms with Crippen molar-refractivity contribution in [3.8, 4) is 0 Å². The maximum absolute atomic E-state index is 9.08. The topological polar surface area (TPSA) is 49.7 Å². The molecule has 0 radical (unpaired) electrons. The number of alkyl halides is 1. The van der Waals surface area contributed by atoms with Gasteiger partial charge in [0, 0.05) is 18.7 Å². The molecule has 60 valence electrons. The van der Waals surface area contributed by atoms with E-state index in [1.807, 2.05) is 0 Å². The average molecular weight is 167 g/mol. The van der Waals surface area contributed by atoms with Gasteiger partial charge in [0.1, 0.15) is 0 Å². The van der Waals surface area contributed by atoms with Crippen LogP contribution in [-0.4, -0.2) is 34.6 Å². The zero-order valence-corrected chi connectivity index (χ0v) is 6.29. The van der Waals surface area contributed by atoms with E-state index in [0.717, 1.165) is 0 Å². The summed E-state index contributed by atoms with van der Waals surface area (Å²) in [5.41, 5.74) is 0. The van der Waals surface area contributed by atoms with E-state index in [1.54, 1.807) is 0 Å². The van der Waals surface area contributed by atoms with Crippen molar-refractivity contribution in [3.63, 3.8) is 0 Å². The molecule has 3 nitrogen and oxygen atoms in total. The Kier molecular flexibility index (Phi) is 2.92. The summed E-state index contributed by atoms with van der Waals surface area (Å²) >= 11 is 5.46. The van der Waals surface area contributed by atoms with E-state index in [4.69, 9.17) is 26.6 Å². The van der Waals surface area contributed by atoms with Crippen LogP contribution in [0.1, 0.15) is 12.8 Å². The Morgan fingerprint density at radius 2 is 2.10 bits per heavy atom. The van der Waals surface area contributed by atoms with E-state index in [2.05, 4.69) is 0 Å². The monoisotopic (exact) mass is 166 g/mol. The summed E-state index contributed by atoms with van der Waals surface area (Å²) < 4.78 is 4.97. The third kappa shape index (κ3) is 2.09. The molecule has 3 unspecified atom stereocenters. The minimum absolute atomic E-state index is 0.194. The van der Waals surface area contributed by atoms with Crippen molar-refractivity contribution >= 4 is 11.6 Å². The molecular formula is C6H11ClO3. The first-order valence-corrected chi connectivity index (χ1v) is 3.83. The van der Waals surface area contributed by atoms with Crippen LogP contribution >= 0.6 is 11.6 Å². The van der Waals surface area contributed by atoms with E-state index in [0.29, 0.717) is 18.7 Å². The van der Waals surface area contributed by atoms with Crippen LogP contribution in [0, 0.1) is 0 Å². The standard InChI is InChI=1S/C6H11ClO3/c7-3-5-1-4(8)2-6(9)10-5/h4-6,8-9H,1-3H2. The smallest absolute Gasteiger partial charge is 0.157 e. The summed E-state index contributed by atoms with van der Waals surface area (Å²) in [5.74, 6) is 0.328. The van der Waals surface area contributed by atoms with Gasteiger partial charge in [-0.3, -0.25) is 0 Å². The molecule has 0 aliphatic carbocycles. The molecule has 3 atom stereocenters. The summed E-state index contributed by atoms with van der Waals surface area (Å²) in [4.78, 5) is 0. The Hall–Kier alpha value is 0.170. The predicted molar refractivity (Wildman–Crippen MR) is 36.8 cm³/mol. The van der Waals surface area contributed by atoms with Crippen LogP contribution < -0.4 is 0 Å². The lowest BCUT2D eigenvalue weighted by atomic mass is 10.1. The fourth-order valence-electron chi connectivity index (χ4n) is 1.07. The van der Waals surface area contributed by atoms with Gasteiger partial charge in [-0.15, -0.1) is 11.6 Å². The second-order valence-electron chi connectivity index (χ2n) is 2.49. The predicted octanol–water partition coefficient (Wildman–Crippen LogP) is 0.0835. The highest BCUT2D eigenvalue weighted by Crippen LogP contribution is 2.18. The number of aliphatic hydroxyl groups is 2. The molecule has 0 saturated carbocycles. The highest BCUT2D eigenvalue weighted by molar-refractivity contribution is 6.18. The molecule has 1 aliphatic rings. The molecule has 2 N–H and O–H groups in total. The van der Waals surface area contributed by atoms with Crippen LogP contribution in [0.2, 0.25) is 0 Å². The number of rotatable bonds is 1. The number of hydrogen-bond donors (Lipinski definition) is 2. The minimum atomic E-state index is -0.840. The molecule has 10 heavy (non-hydrogen) atoms. The Bertz CT molecular complexity index is 99.2. The van der Waals surface area contributed by atoms with Gasteiger partial charge in [0.2, 0.25) is 0 Å². The summed E-state index contributed by atoms with van der Waals surface area (Å²) in [6.45, 7) is 0. The van der Waals surface area contributed by atoms with Gasteiger partial charge in [0.05, 0.1) is 12.2 Å². The first-order chi connectivity index (χ1) is 4.72. The summed E-state index contributed by atoms with van der Waals surface area (Å²) in [7, 11) is 0. The molecule has 0 amide bonds. The molecule has 1 heterocycles. The van der Waals surface area contributed by atoms with Gasteiger partial charge in [0.15, 0.2) is 6.29 Å². The SMILES string of the molecule is OC1CC(O)OC(CCl)C1. The Balaban J connectivity index is 2.35. The zero-order chi connectivity index (χ0) is 7.56.